The molecule has 4 heteroatoms. The van der Waals surface area contributed by atoms with Crippen LogP contribution in [0.2, 0.25) is 0 Å². The molecule has 0 spiro atoms. The highest BCUT2D eigenvalue weighted by Crippen LogP contribution is 2.25. The molecule has 1 atom stereocenters. The Labute approximate surface area is 116 Å². The Morgan fingerprint density at radius 2 is 1.90 bits per heavy atom. The summed E-state index contributed by atoms with van der Waals surface area (Å²) in [5.41, 5.74) is 0. The summed E-state index contributed by atoms with van der Waals surface area (Å²) in [6.45, 7) is 4.74. The van der Waals surface area contributed by atoms with Crippen molar-refractivity contribution < 1.29 is 19.0 Å². The summed E-state index contributed by atoms with van der Waals surface area (Å²) in [6, 6.07) is 11.2. The summed E-state index contributed by atoms with van der Waals surface area (Å²) in [6.07, 6.45) is 1.38. The molecular weight excluding hydrogens is 256 g/mol. The fourth-order valence-corrected chi connectivity index (χ4v) is 1.87. The van der Waals surface area contributed by atoms with Crippen molar-refractivity contribution in [3.63, 3.8) is 0 Å². The van der Waals surface area contributed by atoms with E-state index in [0.717, 1.165) is 29.2 Å². The molecule has 1 unspecified atom stereocenters. The molecule has 102 valence electrons. The number of hydrogen-bond donors (Lipinski definition) is 0. The standard InChI is InChI=1S/C16H14O4/c1-2-16(17)20-14-6-4-11-7-13(5-3-12(11)8-14)18-9-15-10-19-15/h2-8,15H,1,9-10H2. The van der Waals surface area contributed by atoms with Gasteiger partial charge in [-0.15, -0.1) is 0 Å². The number of epoxide rings is 1. The van der Waals surface area contributed by atoms with E-state index in [9.17, 15) is 4.79 Å². The van der Waals surface area contributed by atoms with Crippen LogP contribution in [0, 0.1) is 0 Å². The number of esters is 1. The Hall–Kier alpha value is -2.33. The predicted octanol–water partition coefficient (Wildman–Crippen LogP) is 2.71. The molecule has 0 saturated carbocycles. The molecule has 0 bridgehead atoms. The molecule has 0 aliphatic carbocycles. The topological polar surface area (TPSA) is 48.1 Å². The fraction of sp³-hybridized carbons (Fsp3) is 0.188. The number of benzene rings is 2. The zero-order chi connectivity index (χ0) is 13.9. The zero-order valence-electron chi connectivity index (χ0n) is 10.9. The Kier molecular flexibility index (Phi) is 3.39. The molecule has 20 heavy (non-hydrogen) atoms. The van der Waals surface area contributed by atoms with Crippen LogP contribution in [0.15, 0.2) is 49.1 Å². The minimum absolute atomic E-state index is 0.242. The normalized spacial score (nSPS) is 16.7. The van der Waals surface area contributed by atoms with Gasteiger partial charge in [-0.25, -0.2) is 4.79 Å². The minimum atomic E-state index is -0.464. The maximum Gasteiger partial charge on any atom is 0.335 e. The van der Waals surface area contributed by atoms with Gasteiger partial charge in [0.25, 0.3) is 0 Å². The molecule has 1 heterocycles. The molecule has 2 aromatic carbocycles. The average Bonchev–Trinajstić information content (AvgIpc) is 3.29. The second-order valence-corrected chi connectivity index (χ2v) is 4.56. The molecule has 2 aromatic rings. The molecule has 0 radical (unpaired) electrons. The monoisotopic (exact) mass is 270 g/mol. The van der Waals surface area contributed by atoms with Gasteiger partial charge in [0, 0.05) is 6.08 Å². The molecule has 3 rings (SSSR count). The molecular formula is C16H14O4. The van der Waals surface area contributed by atoms with Crippen LogP contribution >= 0.6 is 0 Å². The molecule has 1 fully saturated rings. The summed E-state index contributed by atoms with van der Waals surface area (Å²) < 4.78 is 15.8. The van der Waals surface area contributed by atoms with Crippen LogP contribution in [0.1, 0.15) is 0 Å². The van der Waals surface area contributed by atoms with Crippen LogP contribution < -0.4 is 9.47 Å². The summed E-state index contributed by atoms with van der Waals surface area (Å²) >= 11 is 0. The molecule has 1 saturated heterocycles. The van der Waals surface area contributed by atoms with Crippen LogP contribution in [0.25, 0.3) is 10.8 Å². The lowest BCUT2D eigenvalue weighted by Gasteiger charge is -2.07. The van der Waals surface area contributed by atoms with Crippen molar-refractivity contribution in [1.82, 2.24) is 0 Å². The van der Waals surface area contributed by atoms with Gasteiger partial charge < -0.3 is 14.2 Å². The van der Waals surface area contributed by atoms with Gasteiger partial charge in [-0.1, -0.05) is 18.7 Å². The predicted molar refractivity (Wildman–Crippen MR) is 75.0 cm³/mol. The van der Waals surface area contributed by atoms with Crippen molar-refractivity contribution in [2.75, 3.05) is 13.2 Å². The lowest BCUT2D eigenvalue weighted by molar-refractivity contribution is -0.128. The van der Waals surface area contributed by atoms with Crippen LogP contribution in [0.4, 0.5) is 0 Å². The Morgan fingerprint density at radius 1 is 1.25 bits per heavy atom. The Balaban J connectivity index is 1.78. The van der Waals surface area contributed by atoms with E-state index in [0.29, 0.717) is 12.4 Å². The van der Waals surface area contributed by atoms with Gasteiger partial charge in [-0.3, -0.25) is 0 Å². The van der Waals surface area contributed by atoms with Gasteiger partial charge in [0.15, 0.2) is 0 Å². The fourth-order valence-electron chi connectivity index (χ4n) is 1.87. The van der Waals surface area contributed by atoms with Crippen LogP contribution in [0.3, 0.4) is 0 Å². The Bertz CT molecular complexity index is 659. The number of rotatable bonds is 5. The van der Waals surface area contributed by atoms with E-state index in [-0.39, 0.29) is 6.10 Å². The zero-order valence-corrected chi connectivity index (χ0v) is 10.9. The van der Waals surface area contributed by atoms with E-state index in [1.807, 2.05) is 30.3 Å². The second kappa shape index (κ2) is 5.35. The second-order valence-electron chi connectivity index (χ2n) is 4.56. The molecule has 1 aliphatic rings. The first-order valence-electron chi connectivity index (χ1n) is 6.37. The SMILES string of the molecule is C=CC(=O)Oc1ccc2cc(OCC3CO3)ccc2c1. The minimum Gasteiger partial charge on any atom is -0.491 e. The van der Waals surface area contributed by atoms with Crippen molar-refractivity contribution in [2.45, 2.75) is 6.10 Å². The van der Waals surface area contributed by atoms with Gasteiger partial charge in [0.2, 0.25) is 0 Å². The number of hydrogen-bond acceptors (Lipinski definition) is 4. The summed E-state index contributed by atoms with van der Waals surface area (Å²) in [5.74, 6) is 0.847. The van der Waals surface area contributed by atoms with Crippen molar-refractivity contribution >= 4 is 16.7 Å². The van der Waals surface area contributed by atoms with E-state index in [2.05, 4.69) is 6.58 Å². The smallest absolute Gasteiger partial charge is 0.335 e. The van der Waals surface area contributed by atoms with Gasteiger partial charge in [-0.05, 0) is 35.0 Å². The highest BCUT2D eigenvalue weighted by molar-refractivity contribution is 5.87. The quantitative estimate of drug-likeness (QED) is 0.363. The van der Waals surface area contributed by atoms with Gasteiger partial charge in [-0.2, -0.15) is 0 Å². The van der Waals surface area contributed by atoms with E-state index in [4.69, 9.17) is 14.2 Å². The first-order valence-corrected chi connectivity index (χ1v) is 6.37. The van der Waals surface area contributed by atoms with E-state index >= 15 is 0 Å². The third-order valence-electron chi connectivity index (χ3n) is 3.01. The summed E-state index contributed by atoms with van der Waals surface area (Å²) in [5, 5.41) is 2.01. The maximum absolute atomic E-state index is 11.2. The molecule has 4 nitrogen and oxygen atoms in total. The van der Waals surface area contributed by atoms with Gasteiger partial charge in [0.1, 0.15) is 24.2 Å². The lowest BCUT2D eigenvalue weighted by atomic mass is 10.1. The van der Waals surface area contributed by atoms with Crippen molar-refractivity contribution in [3.05, 3.63) is 49.1 Å². The third kappa shape index (κ3) is 2.97. The summed E-state index contributed by atoms with van der Waals surface area (Å²) in [4.78, 5) is 11.2. The molecule has 0 N–H and O–H groups in total. The number of ether oxygens (including phenoxy) is 3. The Morgan fingerprint density at radius 3 is 2.55 bits per heavy atom. The molecule has 1 aliphatic heterocycles. The van der Waals surface area contributed by atoms with E-state index in [1.165, 1.54) is 0 Å². The first kappa shape index (κ1) is 12.7. The molecule has 0 amide bonds. The summed E-state index contributed by atoms with van der Waals surface area (Å²) in [7, 11) is 0. The van der Waals surface area contributed by atoms with Crippen molar-refractivity contribution in [3.8, 4) is 11.5 Å². The van der Waals surface area contributed by atoms with E-state index < -0.39 is 5.97 Å². The van der Waals surface area contributed by atoms with Gasteiger partial charge in [0.05, 0.1) is 6.61 Å². The van der Waals surface area contributed by atoms with Crippen LogP contribution in [-0.4, -0.2) is 25.3 Å². The first-order chi connectivity index (χ1) is 9.74. The number of carbonyl (C=O) groups is 1. The highest BCUT2D eigenvalue weighted by atomic mass is 16.6. The number of carbonyl (C=O) groups excluding carboxylic acids is 1. The third-order valence-corrected chi connectivity index (χ3v) is 3.01. The molecule has 0 aromatic heterocycles. The van der Waals surface area contributed by atoms with Crippen LogP contribution in [0.5, 0.6) is 11.5 Å². The van der Waals surface area contributed by atoms with Crippen LogP contribution in [-0.2, 0) is 9.53 Å². The van der Waals surface area contributed by atoms with Gasteiger partial charge >= 0.3 is 5.97 Å². The average molecular weight is 270 g/mol. The number of fused-ring (bicyclic) bond motifs is 1. The highest BCUT2D eigenvalue weighted by Gasteiger charge is 2.23. The lowest BCUT2D eigenvalue weighted by Crippen LogP contribution is -2.04. The maximum atomic E-state index is 11.2. The van der Waals surface area contributed by atoms with Crippen molar-refractivity contribution in [1.29, 1.82) is 0 Å². The largest absolute Gasteiger partial charge is 0.491 e. The van der Waals surface area contributed by atoms with E-state index in [1.54, 1.807) is 6.07 Å². The van der Waals surface area contributed by atoms with Crippen molar-refractivity contribution in [2.24, 2.45) is 0 Å².